The maximum absolute atomic E-state index is 13.2. The lowest BCUT2D eigenvalue weighted by Crippen LogP contribution is -2.29. The van der Waals surface area contributed by atoms with E-state index in [4.69, 9.17) is 5.84 Å². The molecule has 6 nitrogen and oxygen atoms in total. The molecule has 2 aromatic carbocycles. The number of nitrogens with two attached hydrogens (primary N) is 1. The van der Waals surface area contributed by atoms with Crippen LogP contribution in [-0.2, 0) is 7.05 Å². The summed E-state index contributed by atoms with van der Waals surface area (Å²) < 4.78 is 1.54. The zero-order valence-corrected chi connectivity index (χ0v) is 13.7. The number of pyridine rings is 1. The number of aromatic hydroxyl groups is 1. The number of nitrogens with zero attached hydrogens (tertiary/aromatic N) is 3. The molecule has 6 heteroatoms. The summed E-state index contributed by atoms with van der Waals surface area (Å²) in [6.45, 7) is 0. The van der Waals surface area contributed by atoms with Gasteiger partial charge in [0.25, 0.3) is 5.91 Å². The molecule has 1 heterocycles. The van der Waals surface area contributed by atoms with Crippen molar-refractivity contribution in [1.82, 2.24) is 4.57 Å². The Morgan fingerprint density at radius 3 is 2.00 bits per heavy atom. The minimum atomic E-state index is -0.375. The number of carbonyl (C=O) groups is 1. The molecule has 0 fully saturated rings. The van der Waals surface area contributed by atoms with Crippen LogP contribution in [0.3, 0.4) is 0 Å². The molecule has 0 radical (unpaired) electrons. The van der Waals surface area contributed by atoms with Crippen LogP contribution >= 0.6 is 0 Å². The number of amides is 1. The van der Waals surface area contributed by atoms with Gasteiger partial charge in [-0.3, -0.25) is 9.69 Å². The van der Waals surface area contributed by atoms with E-state index < -0.39 is 0 Å². The summed E-state index contributed by atoms with van der Waals surface area (Å²) in [5, 5.41) is 14.0. The Morgan fingerprint density at radius 1 is 1.00 bits per heavy atom. The molecule has 0 aliphatic carbocycles. The lowest BCUT2D eigenvalue weighted by atomic mass is 10.1. The van der Waals surface area contributed by atoms with E-state index in [1.165, 1.54) is 4.90 Å². The standard InChI is InChI=1S/C19H18N4O2/c1-22-13-12-16(17(24)18(22)21-20)19(25)23(14-8-4-2-5-9-14)15-10-6-3-7-11-15/h2-13,24H,20H2,1H3. The molecule has 0 saturated heterocycles. The SMILES string of the molecule is Cn1ccc(C(=O)N(c2ccccc2)c2ccccc2)c(O)c1=NN. The number of hydrogen-bond acceptors (Lipinski definition) is 4. The van der Waals surface area contributed by atoms with E-state index in [2.05, 4.69) is 5.10 Å². The Kier molecular flexibility index (Phi) is 4.52. The summed E-state index contributed by atoms with van der Waals surface area (Å²) in [5.41, 5.74) is 1.64. The van der Waals surface area contributed by atoms with Gasteiger partial charge in [0.15, 0.2) is 11.2 Å². The van der Waals surface area contributed by atoms with Gasteiger partial charge in [0.2, 0.25) is 0 Å². The van der Waals surface area contributed by atoms with Crippen molar-refractivity contribution in [3.8, 4) is 5.75 Å². The molecule has 3 rings (SSSR count). The average Bonchev–Trinajstić information content (AvgIpc) is 2.64. The lowest BCUT2D eigenvalue weighted by molar-refractivity contribution is 0.0996. The first-order valence-electron chi connectivity index (χ1n) is 7.70. The zero-order valence-electron chi connectivity index (χ0n) is 13.7. The van der Waals surface area contributed by atoms with Crippen molar-refractivity contribution in [2.75, 3.05) is 4.90 Å². The largest absolute Gasteiger partial charge is 0.504 e. The number of anilines is 2. The highest BCUT2D eigenvalue weighted by atomic mass is 16.3. The van der Waals surface area contributed by atoms with Gasteiger partial charge in [-0.05, 0) is 30.3 Å². The number of benzene rings is 2. The first-order chi connectivity index (χ1) is 12.1. The van der Waals surface area contributed by atoms with Crippen LogP contribution in [0.25, 0.3) is 0 Å². The van der Waals surface area contributed by atoms with Gasteiger partial charge in [-0.15, -0.1) is 0 Å². The minimum absolute atomic E-state index is 0.120. The van der Waals surface area contributed by atoms with Crippen LogP contribution < -0.4 is 16.2 Å². The van der Waals surface area contributed by atoms with Gasteiger partial charge in [0.1, 0.15) is 0 Å². The van der Waals surface area contributed by atoms with E-state index in [1.807, 2.05) is 60.7 Å². The van der Waals surface area contributed by atoms with Crippen LogP contribution in [0, 0.1) is 0 Å². The van der Waals surface area contributed by atoms with Crippen LogP contribution in [-0.4, -0.2) is 15.6 Å². The minimum Gasteiger partial charge on any atom is -0.504 e. The van der Waals surface area contributed by atoms with Gasteiger partial charge in [0, 0.05) is 24.6 Å². The van der Waals surface area contributed by atoms with E-state index in [0.717, 1.165) is 0 Å². The first kappa shape index (κ1) is 16.3. The van der Waals surface area contributed by atoms with Crippen LogP contribution in [0.2, 0.25) is 0 Å². The van der Waals surface area contributed by atoms with Crippen molar-refractivity contribution in [2.45, 2.75) is 0 Å². The maximum Gasteiger partial charge on any atom is 0.266 e. The van der Waals surface area contributed by atoms with Crippen LogP contribution in [0.5, 0.6) is 5.75 Å². The van der Waals surface area contributed by atoms with Crippen molar-refractivity contribution >= 4 is 17.3 Å². The van der Waals surface area contributed by atoms with E-state index in [-0.39, 0.29) is 22.7 Å². The molecule has 0 unspecified atom stereocenters. The molecule has 126 valence electrons. The smallest absolute Gasteiger partial charge is 0.266 e. The van der Waals surface area contributed by atoms with Crippen molar-refractivity contribution < 1.29 is 9.90 Å². The molecule has 0 bridgehead atoms. The van der Waals surface area contributed by atoms with Crippen LogP contribution in [0.4, 0.5) is 11.4 Å². The second kappa shape index (κ2) is 6.92. The second-order valence-corrected chi connectivity index (χ2v) is 5.45. The monoisotopic (exact) mass is 334 g/mol. The van der Waals surface area contributed by atoms with Crippen molar-refractivity contribution in [2.24, 2.45) is 18.0 Å². The molecular formula is C19H18N4O2. The Labute approximate surface area is 145 Å². The van der Waals surface area contributed by atoms with Crippen molar-refractivity contribution in [1.29, 1.82) is 0 Å². The van der Waals surface area contributed by atoms with Gasteiger partial charge >= 0.3 is 0 Å². The number of aryl methyl sites for hydroxylation is 1. The van der Waals surface area contributed by atoms with E-state index >= 15 is 0 Å². The second-order valence-electron chi connectivity index (χ2n) is 5.45. The molecule has 0 aliphatic rings. The van der Waals surface area contributed by atoms with Crippen molar-refractivity contribution in [3.05, 3.63) is 84.0 Å². The predicted octanol–water partition coefficient (Wildman–Crippen LogP) is 2.48. The molecule has 0 saturated carbocycles. The molecule has 3 N–H and O–H groups in total. The summed E-state index contributed by atoms with van der Waals surface area (Å²) in [6.07, 6.45) is 1.63. The number of para-hydroxylation sites is 2. The normalized spacial score (nSPS) is 11.3. The third-order valence-corrected chi connectivity index (χ3v) is 3.85. The summed E-state index contributed by atoms with van der Waals surface area (Å²) in [5.74, 6) is 4.71. The predicted molar refractivity (Wildman–Crippen MR) is 96.2 cm³/mol. The Morgan fingerprint density at radius 2 is 1.52 bits per heavy atom. The van der Waals surface area contributed by atoms with E-state index in [9.17, 15) is 9.90 Å². The van der Waals surface area contributed by atoms with Gasteiger partial charge in [0.05, 0.1) is 5.56 Å². The number of carbonyl (C=O) groups excluding carboxylic acids is 1. The quantitative estimate of drug-likeness (QED) is 0.570. The van der Waals surface area contributed by atoms with Gasteiger partial charge in [-0.2, -0.15) is 5.10 Å². The maximum atomic E-state index is 13.2. The van der Waals surface area contributed by atoms with Gasteiger partial charge in [-0.25, -0.2) is 0 Å². The van der Waals surface area contributed by atoms with Gasteiger partial charge in [-0.1, -0.05) is 36.4 Å². The average molecular weight is 334 g/mol. The summed E-state index contributed by atoms with van der Waals surface area (Å²) in [7, 11) is 1.69. The lowest BCUT2D eigenvalue weighted by Gasteiger charge is -2.23. The fraction of sp³-hybridized carbons (Fsp3) is 0.0526. The number of hydrogen-bond donors (Lipinski definition) is 2. The fourth-order valence-corrected chi connectivity index (χ4v) is 2.61. The molecule has 1 amide bonds. The highest BCUT2D eigenvalue weighted by Gasteiger charge is 2.23. The number of rotatable bonds is 3. The van der Waals surface area contributed by atoms with Crippen molar-refractivity contribution in [3.63, 3.8) is 0 Å². The van der Waals surface area contributed by atoms with Crippen LogP contribution in [0.15, 0.2) is 78.0 Å². The molecule has 0 spiro atoms. The molecule has 3 aromatic rings. The highest BCUT2D eigenvalue weighted by molar-refractivity contribution is 6.12. The van der Waals surface area contributed by atoms with Crippen LogP contribution in [0.1, 0.15) is 10.4 Å². The Bertz CT molecular complexity index is 911. The zero-order chi connectivity index (χ0) is 17.8. The molecule has 0 aliphatic heterocycles. The molecule has 25 heavy (non-hydrogen) atoms. The third-order valence-electron chi connectivity index (χ3n) is 3.85. The van der Waals surface area contributed by atoms with E-state index in [0.29, 0.717) is 11.4 Å². The number of aromatic nitrogens is 1. The molecule has 1 aromatic heterocycles. The van der Waals surface area contributed by atoms with E-state index in [1.54, 1.807) is 23.9 Å². The summed E-state index contributed by atoms with van der Waals surface area (Å²) >= 11 is 0. The molecule has 0 atom stereocenters. The Hall–Kier alpha value is -3.54. The first-order valence-corrected chi connectivity index (χ1v) is 7.70. The summed E-state index contributed by atoms with van der Waals surface area (Å²) in [4.78, 5) is 14.8. The summed E-state index contributed by atoms with van der Waals surface area (Å²) in [6, 6.07) is 20.0. The Balaban J connectivity index is 2.17. The topological polar surface area (TPSA) is 83.8 Å². The molecular weight excluding hydrogens is 316 g/mol. The van der Waals surface area contributed by atoms with Gasteiger partial charge < -0.3 is 15.5 Å². The third kappa shape index (κ3) is 3.10. The highest BCUT2D eigenvalue weighted by Crippen LogP contribution is 2.28. The fourth-order valence-electron chi connectivity index (χ4n) is 2.61.